The van der Waals surface area contributed by atoms with Crippen molar-refractivity contribution in [3.8, 4) is 5.75 Å². The lowest BCUT2D eigenvalue weighted by Gasteiger charge is -2.01. The SMILES string of the molecule is CCOC(=O)Cn1nc(Cc2ccccc2)n(/N=C/c2ccc(OC)cc2)c1=O. The highest BCUT2D eigenvalue weighted by molar-refractivity contribution is 5.79. The van der Waals surface area contributed by atoms with Crippen LogP contribution in [-0.4, -0.2) is 40.4 Å². The summed E-state index contributed by atoms with van der Waals surface area (Å²) in [5, 5.41) is 8.60. The summed E-state index contributed by atoms with van der Waals surface area (Å²) in [7, 11) is 1.59. The van der Waals surface area contributed by atoms with Gasteiger partial charge in [-0.25, -0.2) is 9.48 Å². The Hall–Kier alpha value is -3.68. The Morgan fingerprint density at radius 3 is 2.52 bits per heavy atom. The predicted molar refractivity (Wildman–Crippen MR) is 108 cm³/mol. The zero-order valence-corrected chi connectivity index (χ0v) is 16.3. The average molecular weight is 394 g/mol. The summed E-state index contributed by atoms with van der Waals surface area (Å²) in [6.45, 7) is 1.68. The van der Waals surface area contributed by atoms with Crippen molar-refractivity contribution in [1.82, 2.24) is 14.5 Å². The molecule has 3 aromatic rings. The fourth-order valence-corrected chi connectivity index (χ4v) is 2.70. The monoisotopic (exact) mass is 394 g/mol. The summed E-state index contributed by atoms with van der Waals surface area (Å²) in [5.41, 5.74) is 1.26. The van der Waals surface area contributed by atoms with Crippen LogP contribution in [0, 0.1) is 0 Å². The third-order valence-electron chi connectivity index (χ3n) is 4.11. The first-order valence-electron chi connectivity index (χ1n) is 9.17. The van der Waals surface area contributed by atoms with E-state index >= 15 is 0 Å². The van der Waals surface area contributed by atoms with E-state index in [1.807, 2.05) is 42.5 Å². The molecule has 2 aromatic carbocycles. The summed E-state index contributed by atoms with van der Waals surface area (Å²) in [6, 6.07) is 16.9. The van der Waals surface area contributed by atoms with Crippen molar-refractivity contribution >= 4 is 12.2 Å². The van der Waals surface area contributed by atoms with Crippen molar-refractivity contribution in [3.63, 3.8) is 0 Å². The predicted octanol–water partition coefficient (Wildman–Crippen LogP) is 2.09. The van der Waals surface area contributed by atoms with Gasteiger partial charge in [-0.2, -0.15) is 14.9 Å². The van der Waals surface area contributed by atoms with E-state index in [4.69, 9.17) is 9.47 Å². The Morgan fingerprint density at radius 1 is 1.14 bits per heavy atom. The highest BCUT2D eigenvalue weighted by Crippen LogP contribution is 2.10. The van der Waals surface area contributed by atoms with Crippen molar-refractivity contribution in [2.24, 2.45) is 5.10 Å². The fraction of sp³-hybridized carbons (Fsp3) is 0.238. The van der Waals surface area contributed by atoms with Crippen LogP contribution in [0.5, 0.6) is 5.75 Å². The quantitative estimate of drug-likeness (QED) is 0.431. The third-order valence-corrected chi connectivity index (χ3v) is 4.11. The van der Waals surface area contributed by atoms with Gasteiger partial charge in [0.1, 0.15) is 12.3 Å². The topological polar surface area (TPSA) is 87.7 Å². The van der Waals surface area contributed by atoms with Crippen LogP contribution >= 0.6 is 0 Å². The van der Waals surface area contributed by atoms with Gasteiger partial charge >= 0.3 is 11.7 Å². The van der Waals surface area contributed by atoms with Gasteiger partial charge in [-0.05, 0) is 42.3 Å². The molecule has 0 atom stereocenters. The van der Waals surface area contributed by atoms with Crippen LogP contribution < -0.4 is 10.4 Å². The molecule has 0 unspecified atom stereocenters. The van der Waals surface area contributed by atoms with Gasteiger partial charge in [0.05, 0.1) is 19.9 Å². The maximum Gasteiger partial charge on any atom is 0.367 e. The van der Waals surface area contributed by atoms with Crippen molar-refractivity contribution in [1.29, 1.82) is 0 Å². The number of carbonyl (C=O) groups excluding carboxylic acids is 1. The minimum atomic E-state index is -0.523. The van der Waals surface area contributed by atoms with Gasteiger partial charge in [-0.3, -0.25) is 4.79 Å². The van der Waals surface area contributed by atoms with E-state index in [1.165, 1.54) is 4.68 Å². The molecule has 150 valence electrons. The van der Waals surface area contributed by atoms with Crippen LogP contribution in [0.2, 0.25) is 0 Å². The Bertz CT molecular complexity index is 1040. The Kier molecular flexibility index (Phi) is 6.57. The number of nitrogens with zero attached hydrogens (tertiary/aromatic N) is 4. The zero-order valence-electron chi connectivity index (χ0n) is 16.3. The van der Waals surface area contributed by atoms with Crippen molar-refractivity contribution in [2.45, 2.75) is 19.9 Å². The van der Waals surface area contributed by atoms with E-state index in [2.05, 4.69) is 10.2 Å². The average Bonchev–Trinajstić information content (AvgIpc) is 3.02. The van der Waals surface area contributed by atoms with Gasteiger partial charge in [0.15, 0.2) is 5.82 Å². The number of rotatable bonds is 8. The molecule has 8 heteroatoms. The zero-order chi connectivity index (χ0) is 20.6. The molecule has 0 radical (unpaired) electrons. The molecule has 0 aliphatic carbocycles. The van der Waals surface area contributed by atoms with Crippen LogP contribution in [0.4, 0.5) is 0 Å². The first kappa shape index (κ1) is 20.1. The molecule has 1 heterocycles. The molecule has 0 aliphatic heterocycles. The number of hydrogen-bond acceptors (Lipinski definition) is 6. The summed E-state index contributed by atoms with van der Waals surface area (Å²) >= 11 is 0. The molecule has 0 saturated carbocycles. The normalized spacial score (nSPS) is 11.0. The second-order valence-corrected chi connectivity index (χ2v) is 6.15. The van der Waals surface area contributed by atoms with E-state index in [1.54, 1.807) is 32.4 Å². The Labute approximate surface area is 168 Å². The molecule has 0 spiro atoms. The minimum Gasteiger partial charge on any atom is -0.497 e. The minimum absolute atomic E-state index is 0.237. The molecule has 3 rings (SSSR count). The Balaban J connectivity index is 1.93. The van der Waals surface area contributed by atoms with Gasteiger partial charge in [0.25, 0.3) is 0 Å². The molecule has 0 saturated heterocycles. The third kappa shape index (κ3) is 5.19. The largest absolute Gasteiger partial charge is 0.497 e. The first-order valence-corrected chi connectivity index (χ1v) is 9.17. The Morgan fingerprint density at radius 2 is 1.86 bits per heavy atom. The van der Waals surface area contributed by atoms with E-state index < -0.39 is 11.7 Å². The van der Waals surface area contributed by atoms with Crippen LogP contribution in [-0.2, 0) is 22.5 Å². The number of hydrogen-bond donors (Lipinski definition) is 0. The summed E-state index contributed by atoms with van der Waals surface area (Å²) < 4.78 is 12.3. The lowest BCUT2D eigenvalue weighted by atomic mass is 10.1. The van der Waals surface area contributed by atoms with E-state index in [0.29, 0.717) is 12.2 Å². The van der Waals surface area contributed by atoms with Crippen LogP contribution in [0.1, 0.15) is 23.9 Å². The maximum absolute atomic E-state index is 12.8. The van der Waals surface area contributed by atoms with Gasteiger partial charge in [0.2, 0.25) is 0 Å². The number of esters is 1. The van der Waals surface area contributed by atoms with Crippen molar-refractivity contribution in [3.05, 3.63) is 82.0 Å². The number of aromatic nitrogens is 3. The standard InChI is InChI=1S/C21H22N4O4/c1-3-29-20(26)15-24-21(27)25(19(23-24)13-16-7-5-4-6-8-16)22-14-17-9-11-18(28-2)12-10-17/h4-12,14H,3,13,15H2,1-2H3/b22-14+. The smallest absolute Gasteiger partial charge is 0.367 e. The van der Waals surface area contributed by atoms with Gasteiger partial charge in [-0.15, -0.1) is 0 Å². The van der Waals surface area contributed by atoms with Crippen LogP contribution in [0.15, 0.2) is 64.5 Å². The molecule has 8 nitrogen and oxygen atoms in total. The lowest BCUT2D eigenvalue weighted by Crippen LogP contribution is -2.27. The second kappa shape index (κ2) is 9.50. The highest BCUT2D eigenvalue weighted by Gasteiger charge is 2.16. The van der Waals surface area contributed by atoms with Gasteiger partial charge < -0.3 is 9.47 Å². The van der Waals surface area contributed by atoms with Crippen molar-refractivity contribution < 1.29 is 14.3 Å². The van der Waals surface area contributed by atoms with Gasteiger partial charge in [0, 0.05) is 6.42 Å². The van der Waals surface area contributed by atoms with Crippen LogP contribution in [0.25, 0.3) is 0 Å². The summed E-state index contributed by atoms with van der Waals surface area (Å²) in [4.78, 5) is 24.6. The van der Waals surface area contributed by atoms with E-state index in [9.17, 15) is 9.59 Å². The molecule has 0 amide bonds. The van der Waals surface area contributed by atoms with E-state index in [0.717, 1.165) is 21.6 Å². The molecule has 0 bridgehead atoms. The molecule has 0 N–H and O–H groups in total. The van der Waals surface area contributed by atoms with E-state index in [-0.39, 0.29) is 13.2 Å². The molecule has 29 heavy (non-hydrogen) atoms. The lowest BCUT2D eigenvalue weighted by molar-refractivity contribution is -0.144. The number of ether oxygens (including phenoxy) is 2. The fourth-order valence-electron chi connectivity index (χ4n) is 2.70. The van der Waals surface area contributed by atoms with Crippen LogP contribution in [0.3, 0.4) is 0 Å². The maximum atomic E-state index is 12.8. The molecule has 0 fully saturated rings. The number of methoxy groups -OCH3 is 1. The number of benzene rings is 2. The molecule has 0 aliphatic rings. The molecular formula is C21H22N4O4. The first-order chi connectivity index (χ1) is 14.1. The summed E-state index contributed by atoms with van der Waals surface area (Å²) in [6.07, 6.45) is 1.96. The second-order valence-electron chi connectivity index (χ2n) is 6.15. The highest BCUT2D eigenvalue weighted by atomic mass is 16.5. The molecular weight excluding hydrogens is 372 g/mol. The van der Waals surface area contributed by atoms with Crippen molar-refractivity contribution in [2.75, 3.05) is 13.7 Å². The number of carbonyl (C=O) groups is 1. The molecule has 1 aromatic heterocycles. The van der Waals surface area contributed by atoms with Gasteiger partial charge in [-0.1, -0.05) is 30.3 Å². The summed E-state index contributed by atoms with van der Waals surface area (Å²) in [5.74, 6) is 0.631.